The van der Waals surface area contributed by atoms with Crippen LogP contribution in [0.1, 0.15) is 56.2 Å². The number of nitrogens with one attached hydrogen (secondary N) is 5. The minimum atomic E-state index is -1.20. The molecule has 0 saturated heterocycles. The number of unbranched alkanes of at least 4 members (excludes halogenated alkanes) is 1. The van der Waals surface area contributed by atoms with Crippen LogP contribution in [0.2, 0.25) is 0 Å². The van der Waals surface area contributed by atoms with Gasteiger partial charge in [-0.25, -0.2) is 4.79 Å². The Morgan fingerprint density at radius 1 is 0.746 bits per heavy atom. The lowest BCUT2D eigenvalue weighted by molar-refractivity contribution is -0.142. The fourth-order valence-corrected chi connectivity index (χ4v) is 6.56. The minimum absolute atomic E-state index is 0.0709. The molecule has 1 aromatic heterocycles. The Labute approximate surface area is 344 Å². The molecule has 0 aliphatic heterocycles. The van der Waals surface area contributed by atoms with Crippen molar-refractivity contribution in [2.24, 2.45) is 11.1 Å². The number of carbonyl (C=O) groups is 5. The van der Waals surface area contributed by atoms with Gasteiger partial charge in [0.05, 0.1) is 0 Å². The molecule has 13 nitrogen and oxygen atoms in total. The fraction of sp³-hybridized carbons (Fsp3) is 0.304. The monoisotopic (exact) mass is 800 g/mol. The maximum Gasteiger partial charge on any atom is 0.326 e. The van der Waals surface area contributed by atoms with Crippen LogP contribution in [0.5, 0.6) is 0 Å². The van der Waals surface area contributed by atoms with Crippen molar-refractivity contribution >= 4 is 46.7 Å². The van der Waals surface area contributed by atoms with E-state index in [2.05, 4.69) is 31.4 Å². The van der Waals surface area contributed by atoms with Crippen LogP contribution in [0.25, 0.3) is 22.0 Å². The molecular weight excluding hydrogens is 749 g/mol. The average molecular weight is 801 g/mol. The number of carbonyl (C=O) groups excluding carboxylic acids is 4. The molecule has 0 saturated carbocycles. The predicted molar refractivity (Wildman–Crippen MR) is 227 cm³/mol. The molecule has 4 aromatic carbocycles. The topological polar surface area (TPSA) is 191 Å². The van der Waals surface area contributed by atoms with Crippen molar-refractivity contribution in [3.63, 3.8) is 0 Å². The number of H-pyrrole nitrogens is 1. The van der Waals surface area contributed by atoms with Gasteiger partial charge < -0.3 is 36.2 Å². The number of carboxylic acids is 1. The van der Waals surface area contributed by atoms with Crippen LogP contribution < -0.4 is 21.3 Å². The van der Waals surface area contributed by atoms with Gasteiger partial charge in [-0.15, -0.1) is 0 Å². The van der Waals surface area contributed by atoms with Crippen molar-refractivity contribution in [2.75, 3.05) is 6.54 Å². The molecule has 59 heavy (non-hydrogen) atoms. The van der Waals surface area contributed by atoms with Crippen LogP contribution in [-0.4, -0.2) is 70.6 Å². The third-order valence-corrected chi connectivity index (χ3v) is 10.1. The summed E-state index contributed by atoms with van der Waals surface area (Å²) in [5, 5.41) is 25.6. The molecule has 0 aliphatic rings. The maximum absolute atomic E-state index is 13.4. The number of amides is 4. The molecule has 13 heteroatoms. The number of para-hydroxylation sites is 1. The molecule has 0 aliphatic carbocycles. The highest BCUT2D eigenvalue weighted by atomic mass is 16.6. The first-order chi connectivity index (χ1) is 28.6. The molecule has 0 spiro atoms. The van der Waals surface area contributed by atoms with E-state index in [4.69, 9.17) is 4.84 Å². The lowest BCUT2D eigenvalue weighted by Crippen LogP contribution is -2.54. The third kappa shape index (κ3) is 13.4. The molecule has 1 heterocycles. The van der Waals surface area contributed by atoms with Gasteiger partial charge in [0.15, 0.2) is 0 Å². The van der Waals surface area contributed by atoms with Gasteiger partial charge in [-0.2, -0.15) is 0 Å². The van der Waals surface area contributed by atoms with Crippen LogP contribution >= 0.6 is 0 Å². The van der Waals surface area contributed by atoms with Crippen LogP contribution in [0.3, 0.4) is 0 Å². The van der Waals surface area contributed by atoms with Crippen molar-refractivity contribution in [3.05, 3.63) is 132 Å². The van der Waals surface area contributed by atoms with Crippen molar-refractivity contribution in [3.8, 4) is 11.1 Å². The fourth-order valence-electron chi connectivity index (χ4n) is 6.56. The van der Waals surface area contributed by atoms with Gasteiger partial charge in [0, 0.05) is 42.9 Å². The van der Waals surface area contributed by atoms with Gasteiger partial charge >= 0.3 is 5.97 Å². The van der Waals surface area contributed by atoms with Crippen molar-refractivity contribution in [1.29, 1.82) is 0 Å². The van der Waals surface area contributed by atoms with E-state index in [1.807, 2.05) is 123 Å². The summed E-state index contributed by atoms with van der Waals surface area (Å²) in [6.45, 7) is 4.12. The van der Waals surface area contributed by atoms with E-state index in [-0.39, 0.29) is 44.2 Å². The summed E-state index contributed by atoms with van der Waals surface area (Å²) in [6.07, 6.45) is 4.59. The van der Waals surface area contributed by atoms with Crippen molar-refractivity contribution in [1.82, 2.24) is 26.3 Å². The smallest absolute Gasteiger partial charge is 0.326 e. The second-order valence-electron chi connectivity index (χ2n) is 14.5. The number of oxime groups is 1. The minimum Gasteiger partial charge on any atom is -0.480 e. The zero-order valence-electron chi connectivity index (χ0n) is 33.4. The second kappa shape index (κ2) is 22.3. The molecule has 4 amide bonds. The molecule has 0 unspecified atom stereocenters. The Hall–Kier alpha value is -6.76. The van der Waals surface area contributed by atoms with E-state index in [1.54, 1.807) is 6.20 Å². The normalized spacial score (nSPS) is 13.2. The summed E-state index contributed by atoms with van der Waals surface area (Å²) in [6, 6.07) is 31.6. The zero-order chi connectivity index (χ0) is 42.0. The average Bonchev–Trinajstić information content (AvgIpc) is 3.66. The molecule has 0 bridgehead atoms. The molecule has 0 fully saturated rings. The number of nitrogens with zero attached hydrogens (tertiary/aromatic N) is 1. The highest BCUT2D eigenvalue weighted by Crippen LogP contribution is 2.21. The largest absolute Gasteiger partial charge is 0.480 e. The summed E-state index contributed by atoms with van der Waals surface area (Å²) in [5.74, 6) is -3.35. The summed E-state index contributed by atoms with van der Waals surface area (Å²) >= 11 is 0. The molecule has 0 radical (unpaired) electrons. The van der Waals surface area contributed by atoms with Crippen LogP contribution in [0, 0.1) is 5.92 Å². The lowest BCUT2D eigenvalue weighted by Gasteiger charge is -2.25. The van der Waals surface area contributed by atoms with E-state index in [0.717, 1.165) is 44.9 Å². The molecule has 5 rings (SSSR count). The van der Waals surface area contributed by atoms with E-state index >= 15 is 0 Å². The Kier molecular flexibility index (Phi) is 16.4. The van der Waals surface area contributed by atoms with Crippen LogP contribution in [-0.2, 0) is 48.3 Å². The van der Waals surface area contributed by atoms with Crippen molar-refractivity contribution in [2.45, 2.75) is 77.1 Å². The first-order valence-electron chi connectivity index (χ1n) is 19.9. The van der Waals surface area contributed by atoms with E-state index < -0.39 is 41.8 Å². The van der Waals surface area contributed by atoms with E-state index in [0.29, 0.717) is 19.3 Å². The quantitative estimate of drug-likeness (QED) is 0.0294. The van der Waals surface area contributed by atoms with Gasteiger partial charge in [0.2, 0.25) is 17.7 Å². The Morgan fingerprint density at radius 3 is 2.14 bits per heavy atom. The standard InChI is InChI=1S/C46H52N6O7/c1-3-31(2)43(45(56)51-40(46(57)58)27-36-28-48-38-19-11-10-18-37(36)38)52-41(53)20-12-13-25-47-44(55)39(26-32-14-6-4-7-15-32)50-42(54)29-49-59-30-33-21-23-35(24-22-33)34-16-8-5-9-17-34/h4-11,14-19,21-24,28-29,31,39-40,43,48H,3,12-13,20,25-27,30H2,1-2H3,(H,47,55)(H,50,54)(H,51,56)(H,52,53)(H,57,58)/b49-29+/t31-,39-,40-,43-/m0/s1. The number of rotatable bonds is 22. The Balaban J connectivity index is 1.06. The Bertz CT molecular complexity index is 2170. The van der Waals surface area contributed by atoms with Gasteiger partial charge in [0.1, 0.15) is 30.9 Å². The number of carboxylic acid groups (broad SMARTS) is 1. The van der Waals surface area contributed by atoms with E-state index in [1.165, 1.54) is 0 Å². The predicted octanol–water partition coefficient (Wildman–Crippen LogP) is 5.69. The first-order valence-corrected chi connectivity index (χ1v) is 19.9. The van der Waals surface area contributed by atoms with Crippen LogP contribution in [0.4, 0.5) is 0 Å². The van der Waals surface area contributed by atoms with Gasteiger partial charge in [0.25, 0.3) is 5.91 Å². The SMILES string of the molecule is CC[C@H](C)[C@H](NC(=O)CCCCNC(=O)[C@H](Cc1ccccc1)NC(=O)/C=N/OCc1ccc(-c2ccccc2)cc1)C(=O)N[C@@H](Cc1c[nH]c2ccccc12)C(=O)O. The van der Waals surface area contributed by atoms with Gasteiger partial charge in [-0.05, 0) is 52.6 Å². The molecule has 5 aromatic rings. The molecule has 6 N–H and O–H groups in total. The molecular formula is C46H52N6O7. The third-order valence-electron chi connectivity index (χ3n) is 10.1. The number of hydrogen-bond acceptors (Lipinski definition) is 7. The first kappa shape index (κ1) is 43.4. The van der Waals surface area contributed by atoms with E-state index in [9.17, 15) is 29.1 Å². The summed E-state index contributed by atoms with van der Waals surface area (Å²) in [5.41, 5.74) is 5.53. The summed E-state index contributed by atoms with van der Waals surface area (Å²) < 4.78 is 0. The van der Waals surface area contributed by atoms with Gasteiger partial charge in [-0.3, -0.25) is 19.2 Å². The number of aromatic nitrogens is 1. The number of benzene rings is 4. The van der Waals surface area contributed by atoms with Crippen molar-refractivity contribution < 1.29 is 33.9 Å². The highest BCUT2D eigenvalue weighted by molar-refractivity contribution is 6.26. The summed E-state index contributed by atoms with van der Waals surface area (Å²) in [4.78, 5) is 73.2. The Morgan fingerprint density at radius 2 is 1.42 bits per heavy atom. The lowest BCUT2D eigenvalue weighted by atomic mass is 9.97. The second-order valence-corrected chi connectivity index (χ2v) is 14.5. The zero-order valence-corrected chi connectivity index (χ0v) is 33.4. The molecule has 4 atom stereocenters. The molecule has 308 valence electrons. The number of aliphatic carboxylic acids is 1. The highest BCUT2D eigenvalue weighted by Gasteiger charge is 2.30. The number of aromatic amines is 1. The summed E-state index contributed by atoms with van der Waals surface area (Å²) in [7, 11) is 0. The number of hydrogen-bond donors (Lipinski definition) is 6. The maximum atomic E-state index is 13.4. The van der Waals surface area contributed by atoms with Crippen LogP contribution in [0.15, 0.2) is 121 Å². The number of fused-ring (bicyclic) bond motifs is 1. The van der Waals surface area contributed by atoms with Gasteiger partial charge in [-0.1, -0.05) is 129 Å².